The molecule has 1 fully saturated rings. The molecule has 0 aromatic carbocycles. The lowest BCUT2D eigenvalue weighted by Crippen LogP contribution is -2.42. The van der Waals surface area contributed by atoms with E-state index in [9.17, 15) is 9.59 Å². The summed E-state index contributed by atoms with van der Waals surface area (Å²) in [7, 11) is 1.63. The van der Waals surface area contributed by atoms with E-state index in [2.05, 4.69) is 5.32 Å². The molecule has 1 aliphatic heterocycles. The summed E-state index contributed by atoms with van der Waals surface area (Å²) in [6.45, 7) is 1.13. The van der Waals surface area contributed by atoms with Crippen LogP contribution in [0.4, 0.5) is 0 Å². The lowest BCUT2D eigenvalue weighted by Gasteiger charge is -2.30. The minimum absolute atomic E-state index is 0.000705. The van der Waals surface area contributed by atoms with E-state index in [1.54, 1.807) is 24.1 Å². The van der Waals surface area contributed by atoms with Gasteiger partial charge in [-0.25, -0.2) is 0 Å². The van der Waals surface area contributed by atoms with Crippen molar-refractivity contribution >= 4 is 23.4 Å². The highest BCUT2D eigenvalue weighted by molar-refractivity contribution is 6.29. The highest BCUT2D eigenvalue weighted by atomic mass is 35.5. The largest absolute Gasteiger partial charge is 0.440 e. The summed E-state index contributed by atoms with van der Waals surface area (Å²) < 4.78 is 5.09. The maximum atomic E-state index is 12.0. The van der Waals surface area contributed by atoms with Crippen molar-refractivity contribution in [2.24, 2.45) is 5.92 Å². The molecule has 1 N–H and O–H groups in total. The number of hydrogen-bond acceptors (Lipinski definition) is 3. The lowest BCUT2D eigenvalue weighted by molar-refractivity contribution is -0.125. The number of piperidine rings is 1. The quantitative estimate of drug-likeness (QED) is 0.886. The summed E-state index contributed by atoms with van der Waals surface area (Å²) >= 11 is 5.64. The molecule has 0 bridgehead atoms. The Morgan fingerprint density at radius 3 is 2.56 bits per heavy atom. The van der Waals surface area contributed by atoms with Gasteiger partial charge in [-0.15, -0.1) is 0 Å². The molecule has 2 heterocycles. The smallest absolute Gasteiger partial charge is 0.289 e. The Labute approximate surface area is 110 Å². The molecule has 0 saturated carbocycles. The molecule has 1 aromatic heterocycles. The number of amides is 2. The molecule has 2 amide bonds. The van der Waals surface area contributed by atoms with E-state index in [0.29, 0.717) is 25.9 Å². The maximum absolute atomic E-state index is 12.0. The average molecular weight is 271 g/mol. The zero-order valence-electron chi connectivity index (χ0n) is 10.1. The SMILES string of the molecule is CNC(=O)C1CCN(C(=O)c2ccc(Cl)o2)CC1. The molecule has 1 aliphatic rings. The van der Waals surface area contributed by atoms with E-state index in [1.807, 2.05) is 0 Å². The van der Waals surface area contributed by atoms with E-state index >= 15 is 0 Å². The van der Waals surface area contributed by atoms with E-state index in [1.165, 1.54) is 0 Å². The van der Waals surface area contributed by atoms with Crippen molar-refractivity contribution < 1.29 is 14.0 Å². The van der Waals surface area contributed by atoms with Crippen LogP contribution in [0.2, 0.25) is 5.22 Å². The molecule has 0 unspecified atom stereocenters. The fraction of sp³-hybridized carbons (Fsp3) is 0.500. The summed E-state index contributed by atoms with van der Waals surface area (Å²) in [6.07, 6.45) is 1.36. The summed E-state index contributed by atoms with van der Waals surface area (Å²) in [5, 5.41) is 2.84. The second-order valence-corrected chi connectivity index (χ2v) is 4.66. The molecule has 0 aliphatic carbocycles. The summed E-state index contributed by atoms with van der Waals surface area (Å²) in [5.41, 5.74) is 0. The Morgan fingerprint density at radius 1 is 1.39 bits per heavy atom. The Balaban J connectivity index is 1.94. The molecular weight excluding hydrogens is 256 g/mol. The number of carbonyl (C=O) groups is 2. The van der Waals surface area contributed by atoms with Crippen LogP contribution >= 0.6 is 11.6 Å². The molecule has 0 atom stereocenters. The van der Waals surface area contributed by atoms with E-state index in [-0.39, 0.29) is 28.7 Å². The molecule has 0 radical (unpaired) electrons. The molecule has 1 saturated heterocycles. The Morgan fingerprint density at radius 2 is 2.06 bits per heavy atom. The van der Waals surface area contributed by atoms with Crippen LogP contribution in [0.25, 0.3) is 0 Å². The standard InChI is InChI=1S/C12H15ClN2O3/c1-14-11(16)8-4-6-15(7-5-8)12(17)9-2-3-10(13)18-9/h2-3,8H,4-7H2,1H3,(H,14,16). The maximum Gasteiger partial charge on any atom is 0.289 e. The van der Waals surface area contributed by atoms with Crippen LogP contribution in [0, 0.1) is 5.92 Å². The average Bonchev–Trinajstić information content (AvgIpc) is 2.84. The van der Waals surface area contributed by atoms with Crippen molar-refractivity contribution in [1.82, 2.24) is 10.2 Å². The summed E-state index contributed by atoms with van der Waals surface area (Å²) in [4.78, 5) is 25.2. The van der Waals surface area contributed by atoms with Gasteiger partial charge in [-0.05, 0) is 36.6 Å². The normalized spacial score (nSPS) is 16.7. The van der Waals surface area contributed by atoms with Gasteiger partial charge in [0.2, 0.25) is 5.91 Å². The van der Waals surface area contributed by atoms with Gasteiger partial charge in [-0.2, -0.15) is 0 Å². The van der Waals surface area contributed by atoms with Crippen LogP contribution in [0.5, 0.6) is 0 Å². The van der Waals surface area contributed by atoms with Crippen molar-refractivity contribution in [1.29, 1.82) is 0 Å². The van der Waals surface area contributed by atoms with Gasteiger partial charge >= 0.3 is 0 Å². The fourth-order valence-electron chi connectivity index (χ4n) is 2.13. The number of halogens is 1. The van der Waals surface area contributed by atoms with Crippen LogP contribution in [-0.4, -0.2) is 36.9 Å². The van der Waals surface area contributed by atoms with Crippen molar-refractivity contribution in [2.45, 2.75) is 12.8 Å². The highest BCUT2D eigenvalue weighted by Gasteiger charge is 2.28. The number of furan rings is 1. The van der Waals surface area contributed by atoms with Gasteiger partial charge in [0, 0.05) is 26.1 Å². The summed E-state index contributed by atoms with van der Waals surface area (Å²) in [6, 6.07) is 3.11. The van der Waals surface area contributed by atoms with E-state index < -0.39 is 0 Å². The molecule has 98 valence electrons. The Hall–Kier alpha value is -1.49. The molecular formula is C12H15ClN2O3. The molecule has 6 heteroatoms. The number of carbonyl (C=O) groups excluding carboxylic acids is 2. The number of nitrogens with zero attached hydrogens (tertiary/aromatic N) is 1. The molecule has 0 spiro atoms. The van der Waals surface area contributed by atoms with Gasteiger partial charge in [0.1, 0.15) is 0 Å². The van der Waals surface area contributed by atoms with Crippen molar-refractivity contribution in [3.05, 3.63) is 23.1 Å². The predicted molar refractivity (Wildman–Crippen MR) is 66.4 cm³/mol. The van der Waals surface area contributed by atoms with Crippen molar-refractivity contribution in [3.8, 4) is 0 Å². The molecule has 1 aromatic rings. The highest BCUT2D eigenvalue weighted by Crippen LogP contribution is 2.21. The van der Waals surface area contributed by atoms with Gasteiger partial charge in [0.15, 0.2) is 11.0 Å². The monoisotopic (exact) mass is 270 g/mol. The van der Waals surface area contributed by atoms with Gasteiger partial charge < -0.3 is 14.6 Å². The number of rotatable bonds is 2. The second-order valence-electron chi connectivity index (χ2n) is 4.28. The van der Waals surface area contributed by atoms with Crippen LogP contribution in [-0.2, 0) is 4.79 Å². The van der Waals surface area contributed by atoms with Crippen LogP contribution < -0.4 is 5.32 Å². The van der Waals surface area contributed by atoms with E-state index in [4.69, 9.17) is 16.0 Å². The first-order valence-corrected chi connectivity index (χ1v) is 6.26. The van der Waals surface area contributed by atoms with E-state index in [0.717, 1.165) is 0 Å². The predicted octanol–water partition coefficient (Wildman–Crippen LogP) is 1.53. The first-order valence-electron chi connectivity index (χ1n) is 5.88. The lowest BCUT2D eigenvalue weighted by atomic mass is 9.96. The summed E-state index contributed by atoms with van der Waals surface area (Å²) in [5.74, 6) is 0.123. The van der Waals surface area contributed by atoms with Crippen molar-refractivity contribution in [3.63, 3.8) is 0 Å². The van der Waals surface area contributed by atoms with Gasteiger partial charge in [0.25, 0.3) is 5.91 Å². The molecule has 5 nitrogen and oxygen atoms in total. The fourth-order valence-corrected chi connectivity index (χ4v) is 2.28. The van der Waals surface area contributed by atoms with Crippen LogP contribution in [0.1, 0.15) is 23.4 Å². The third-order valence-electron chi connectivity index (χ3n) is 3.18. The van der Waals surface area contributed by atoms with Crippen LogP contribution in [0.3, 0.4) is 0 Å². The van der Waals surface area contributed by atoms with Gasteiger partial charge in [-0.3, -0.25) is 9.59 Å². The first-order chi connectivity index (χ1) is 8.61. The Kier molecular flexibility index (Phi) is 3.91. The number of hydrogen-bond donors (Lipinski definition) is 1. The van der Waals surface area contributed by atoms with Crippen LogP contribution in [0.15, 0.2) is 16.5 Å². The number of nitrogens with one attached hydrogen (secondary N) is 1. The van der Waals surface area contributed by atoms with Crippen molar-refractivity contribution in [2.75, 3.05) is 20.1 Å². The second kappa shape index (κ2) is 5.44. The molecule has 2 rings (SSSR count). The molecule has 18 heavy (non-hydrogen) atoms. The van der Waals surface area contributed by atoms with Gasteiger partial charge in [-0.1, -0.05) is 0 Å². The third kappa shape index (κ3) is 2.67. The first kappa shape index (κ1) is 13.0. The topological polar surface area (TPSA) is 62.6 Å². The zero-order valence-corrected chi connectivity index (χ0v) is 10.9. The minimum Gasteiger partial charge on any atom is -0.440 e. The number of likely N-dealkylation sites (tertiary alicyclic amines) is 1. The van der Waals surface area contributed by atoms with Gasteiger partial charge in [0.05, 0.1) is 0 Å². The third-order valence-corrected chi connectivity index (χ3v) is 3.39. The minimum atomic E-state index is -0.169. The zero-order chi connectivity index (χ0) is 13.1. The Bertz CT molecular complexity index is 450.